The molecule has 2 unspecified atom stereocenters. The third-order valence-electron chi connectivity index (χ3n) is 8.47. The van der Waals surface area contributed by atoms with Crippen LogP contribution >= 0.6 is 0 Å². The summed E-state index contributed by atoms with van der Waals surface area (Å²) in [5, 5.41) is 23.8. The molecule has 0 spiro atoms. The maximum Gasteiger partial charge on any atom is 0.407 e. The monoisotopic (exact) mass is 597 g/mol. The number of aliphatic hydroxyl groups excluding tert-OH is 1. The molecular formula is C32H43N3O6S. The standard InChI is InChI=1S/C32H43N3O6S/c1-25-11-13-28(14-12-25)42(38,39)35(24-32(18-8-19-33)16-6-3-7-17-32)22-30(36)29(21-26-9-4-2-5-10-26)34-31(37)41-27-15-20-40-23-27/h2,4-5,9-14,27,29-30,36H,3,6-8,15-18,20-24H2,1H3,(H,34,37)/t27?,29-,30?/m0/s1. The first-order chi connectivity index (χ1) is 20.2. The van der Waals surface area contributed by atoms with Gasteiger partial charge >= 0.3 is 6.09 Å². The van der Waals surface area contributed by atoms with Crippen molar-refractivity contribution in [3.8, 4) is 6.07 Å². The van der Waals surface area contributed by atoms with E-state index in [0.717, 1.165) is 43.2 Å². The average molecular weight is 598 g/mol. The Morgan fingerprint density at radius 2 is 1.88 bits per heavy atom. The number of carbonyl (C=O) groups is 1. The molecule has 2 aromatic rings. The van der Waals surface area contributed by atoms with Crippen molar-refractivity contribution in [3.63, 3.8) is 0 Å². The van der Waals surface area contributed by atoms with Gasteiger partial charge in [0.25, 0.3) is 0 Å². The maximum atomic E-state index is 14.1. The van der Waals surface area contributed by atoms with Crippen molar-refractivity contribution < 1.29 is 27.8 Å². The number of carbonyl (C=O) groups excluding carboxylic acids is 1. The van der Waals surface area contributed by atoms with Gasteiger partial charge in [-0.3, -0.25) is 0 Å². The van der Waals surface area contributed by atoms with Crippen LogP contribution in [0.3, 0.4) is 0 Å². The van der Waals surface area contributed by atoms with Crippen molar-refractivity contribution in [1.29, 1.82) is 5.26 Å². The zero-order valence-electron chi connectivity index (χ0n) is 24.4. The number of nitrogens with zero attached hydrogens (tertiary/aromatic N) is 2. The Morgan fingerprint density at radius 3 is 2.52 bits per heavy atom. The number of amides is 1. The van der Waals surface area contributed by atoms with Crippen LogP contribution in [0.15, 0.2) is 59.5 Å². The van der Waals surface area contributed by atoms with Crippen LogP contribution in [-0.2, 0) is 25.9 Å². The summed E-state index contributed by atoms with van der Waals surface area (Å²) in [6.45, 7) is 2.73. The van der Waals surface area contributed by atoms with Crippen molar-refractivity contribution in [3.05, 3.63) is 65.7 Å². The molecule has 1 aliphatic carbocycles. The van der Waals surface area contributed by atoms with Gasteiger partial charge in [-0.1, -0.05) is 67.3 Å². The van der Waals surface area contributed by atoms with Crippen LogP contribution in [0.25, 0.3) is 0 Å². The van der Waals surface area contributed by atoms with Crippen LogP contribution in [0.2, 0.25) is 0 Å². The minimum Gasteiger partial charge on any atom is -0.444 e. The van der Waals surface area contributed by atoms with Gasteiger partial charge in [-0.05, 0) is 55.7 Å². The highest BCUT2D eigenvalue weighted by Gasteiger charge is 2.39. The predicted octanol–water partition coefficient (Wildman–Crippen LogP) is 4.73. The highest BCUT2D eigenvalue weighted by atomic mass is 32.2. The first kappa shape index (κ1) is 32.0. The second-order valence-electron chi connectivity index (χ2n) is 11.7. The number of hydrogen-bond acceptors (Lipinski definition) is 7. The van der Waals surface area contributed by atoms with Gasteiger partial charge in [-0.15, -0.1) is 0 Å². The molecule has 0 radical (unpaired) electrons. The van der Waals surface area contributed by atoms with Crippen molar-refractivity contribution in [1.82, 2.24) is 9.62 Å². The van der Waals surface area contributed by atoms with Crippen LogP contribution in [-0.4, -0.2) is 68.5 Å². The number of alkyl carbamates (subject to hydrolysis) is 1. The van der Waals surface area contributed by atoms with E-state index in [4.69, 9.17) is 9.47 Å². The highest BCUT2D eigenvalue weighted by molar-refractivity contribution is 7.89. The predicted molar refractivity (Wildman–Crippen MR) is 159 cm³/mol. The van der Waals surface area contributed by atoms with E-state index in [-0.39, 0.29) is 35.9 Å². The van der Waals surface area contributed by atoms with Crippen molar-refractivity contribution in [2.45, 2.75) is 87.9 Å². The minimum absolute atomic E-state index is 0.153. The lowest BCUT2D eigenvalue weighted by molar-refractivity contribution is 0.0577. The van der Waals surface area contributed by atoms with Gasteiger partial charge < -0.3 is 19.9 Å². The summed E-state index contributed by atoms with van der Waals surface area (Å²) in [4.78, 5) is 13.0. The van der Waals surface area contributed by atoms with Crippen LogP contribution in [0, 0.1) is 23.7 Å². The molecule has 1 heterocycles. The molecule has 3 atom stereocenters. The lowest BCUT2D eigenvalue weighted by Crippen LogP contribution is -2.53. The minimum atomic E-state index is -4.00. The normalized spacial score (nSPS) is 20.0. The Morgan fingerprint density at radius 1 is 1.17 bits per heavy atom. The molecule has 0 bridgehead atoms. The Kier molecular flexibility index (Phi) is 11.4. The summed E-state index contributed by atoms with van der Waals surface area (Å²) in [5.41, 5.74) is 1.48. The summed E-state index contributed by atoms with van der Waals surface area (Å²) >= 11 is 0. The molecule has 2 aromatic carbocycles. The fourth-order valence-electron chi connectivity index (χ4n) is 6.02. The number of benzene rings is 2. The van der Waals surface area contributed by atoms with Crippen LogP contribution in [0.5, 0.6) is 0 Å². The fraction of sp³-hybridized carbons (Fsp3) is 0.562. The molecule has 228 valence electrons. The van der Waals surface area contributed by atoms with Crippen molar-refractivity contribution in [2.24, 2.45) is 5.41 Å². The topological polar surface area (TPSA) is 129 Å². The number of hydrogen-bond donors (Lipinski definition) is 2. The highest BCUT2D eigenvalue weighted by Crippen LogP contribution is 2.42. The van der Waals surface area contributed by atoms with Crippen LogP contribution in [0.1, 0.15) is 62.5 Å². The van der Waals surface area contributed by atoms with E-state index in [1.54, 1.807) is 24.3 Å². The third kappa shape index (κ3) is 8.77. The zero-order valence-corrected chi connectivity index (χ0v) is 25.2. The zero-order chi connectivity index (χ0) is 30.0. The van der Waals surface area contributed by atoms with Gasteiger partial charge in [0.2, 0.25) is 10.0 Å². The van der Waals surface area contributed by atoms with Crippen molar-refractivity contribution in [2.75, 3.05) is 26.3 Å². The number of aliphatic hydroxyl groups is 1. The molecule has 1 saturated heterocycles. The Balaban J connectivity index is 1.62. The van der Waals surface area contributed by atoms with E-state index < -0.39 is 28.3 Å². The van der Waals surface area contributed by atoms with Gasteiger partial charge in [0, 0.05) is 25.9 Å². The molecule has 2 aliphatic rings. The third-order valence-corrected chi connectivity index (χ3v) is 10.3. The van der Waals surface area contributed by atoms with E-state index in [2.05, 4.69) is 11.4 Å². The van der Waals surface area contributed by atoms with Gasteiger partial charge in [0.1, 0.15) is 6.10 Å². The van der Waals surface area contributed by atoms with E-state index in [9.17, 15) is 23.6 Å². The lowest BCUT2D eigenvalue weighted by atomic mass is 9.71. The molecule has 1 saturated carbocycles. The summed E-state index contributed by atoms with van der Waals surface area (Å²) < 4.78 is 40.5. The lowest BCUT2D eigenvalue weighted by Gasteiger charge is -2.41. The Labute approximate surface area is 249 Å². The summed E-state index contributed by atoms with van der Waals surface area (Å²) in [6, 6.07) is 17.6. The number of sulfonamides is 1. The molecular weight excluding hydrogens is 554 g/mol. The second-order valence-corrected chi connectivity index (χ2v) is 13.7. The van der Waals surface area contributed by atoms with Crippen LogP contribution < -0.4 is 5.32 Å². The van der Waals surface area contributed by atoms with E-state index in [0.29, 0.717) is 32.5 Å². The van der Waals surface area contributed by atoms with Crippen LogP contribution in [0.4, 0.5) is 4.79 Å². The maximum absolute atomic E-state index is 14.1. The number of aryl methyl sites for hydroxylation is 1. The molecule has 9 nitrogen and oxygen atoms in total. The smallest absolute Gasteiger partial charge is 0.407 e. The number of ether oxygens (including phenoxy) is 2. The average Bonchev–Trinajstić information content (AvgIpc) is 3.49. The first-order valence-corrected chi connectivity index (χ1v) is 16.4. The largest absolute Gasteiger partial charge is 0.444 e. The van der Waals surface area contributed by atoms with Gasteiger partial charge in [0.15, 0.2) is 0 Å². The first-order valence-electron chi connectivity index (χ1n) is 14.9. The molecule has 1 amide bonds. The Hall–Kier alpha value is -2.97. The molecule has 42 heavy (non-hydrogen) atoms. The van der Waals surface area contributed by atoms with Gasteiger partial charge in [-0.25, -0.2) is 13.2 Å². The Bertz CT molecular complexity index is 1280. The van der Waals surface area contributed by atoms with Gasteiger partial charge in [-0.2, -0.15) is 9.57 Å². The molecule has 1 aliphatic heterocycles. The van der Waals surface area contributed by atoms with Gasteiger partial charge in [0.05, 0.1) is 36.3 Å². The number of rotatable bonds is 13. The molecule has 2 N–H and O–H groups in total. The number of nitriles is 1. The summed E-state index contributed by atoms with van der Waals surface area (Å²) in [5.74, 6) is 0. The summed E-state index contributed by atoms with van der Waals surface area (Å²) in [7, 11) is -4.00. The molecule has 2 fully saturated rings. The molecule has 4 rings (SSSR count). The molecule has 0 aromatic heterocycles. The quantitative estimate of drug-likeness (QED) is 0.342. The second kappa shape index (κ2) is 15.0. The SMILES string of the molecule is Cc1ccc(S(=O)(=O)N(CC(O)[C@H](Cc2ccccc2)NC(=O)OC2CCOC2)CC2(CCC#N)CCCCC2)cc1. The van der Waals surface area contributed by atoms with E-state index in [1.165, 1.54) is 4.31 Å². The summed E-state index contributed by atoms with van der Waals surface area (Å²) in [6.07, 6.45) is 4.26. The number of nitrogens with one attached hydrogen (secondary N) is 1. The fourth-order valence-corrected chi connectivity index (χ4v) is 7.59. The molecule has 10 heteroatoms. The van der Waals surface area contributed by atoms with E-state index in [1.807, 2.05) is 37.3 Å². The van der Waals surface area contributed by atoms with E-state index >= 15 is 0 Å². The van der Waals surface area contributed by atoms with Crippen molar-refractivity contribution >= 4 is 16.1 Å².